The van der Waals surface area contributed by atoms with E-state index >= 15 is 0 Å². The van der Waals surface area contributed by atoms with Crippen LogP contribution in [0, 0.1) is 10.1 Å². The van der Waals surface area contributed by atoms with Gasteiger partial charge in [0.05, 0.1) is 25.6 Å². The molecular weight excluding hydrogens is 435 g/mol. The number of nitro groups is 1. The Kier molecular flexibility index (Phi) is 5.67. The van der Waals surface area contributed by atoms with E-state index in [0.717, 1.165) is 6.07 Å². The van der Waals surface area contributed by atoms with Crippen LogP contribution in [0.2, 0.25) is 5.02 Å². The Hall–Kier alpha value is -2.00. The Morgan fingerprint density at radius 1 is 1.17 bits per heavy atom. The molecule has 2 aromatic carbocycles. The predicted molar refractivity (Wildman–Crippen MR) is 95.5 cm³/mol. The van der Waals surface area contributed by atoms with Gasteiger partial charge < -0.3 is 5.32 Å². The van der Waals surface area contributed by atoms with Gasteiger partial charge in [0.15, 0.2) is 5.78 Å². The Labute approximate surface area is 150 Å². The van der Waals surface area contributed by atoms with Crippen molar-refractivity contribution in [3.63, 3.8) is 0 Å². The summed E-state index contributed by atoms with van der Waals surface area (Å²) in [5, 5.41) is 13.7. The van der Waals surface area contributed by atoms with Gasteiger partial charge in [0.2, 0.25) is 5.91 Å². The summed E-state index contributed by atoms with van der Waals surface area (Å²) >= 11 is 7.89. The third kappa shape index (κ3) is 4.05. The molecule has 0 aromatic heterocycles. The topological polar surface area (TPSA) is 89.3 Å². The van der Waals surface area contributed by atoms with Crippen molar-refractivity contribution in [2.24, 2.45) is 0 Å². The lowest BCUT2D eigenvalue weighted by Gasteiger charge is -2.10. The van der Waals surface area contributed by atoms with Crippen LogP contribution >= 0.6 is 34.2 Å². The van der Waals surface area contributed by atoms with Gasteiger partial charge in [-0.15, -0.1) is 0 Å². The Bertz CT molecular complexity index is 795. The van der Waals surface area contributed by atoms with E-state index in [1.807, 2.05) is 22.6 Å². The molecule has 2 aromatic rings. The number of hydrogen-bond acceptors (Lipinski definition) is 4. The van der Waals surface area contributed by atoms with E-state index < -0.39 is 10.7 Å². The molecule has 0 unspecified atom stereocenters. The summed E-state index contributed by atoms with van der Waals surface area (Å²) in [6.45, 7) is 0. The highest BCUT2D eigenvalue weighted by Crippen LogP contribution is 2.27. The number of carbonyl (C=O) groups is 2. The lowest BCUT2D eigenvalue weighted by atomic mass is 10.0. The summed E-state index contributed by atoms with van der Waals surface area (Å²) in [4.78, 5) is 34.6. The number of anilines is 1. The Morgan fingerprint density at radius 3 is 2.48 bits per heavy atom. The number of ketones is 1. The van der Waals surface area contributed by atoms with Gasteiger partial charge in [-0.05, 0) is 18.2 Å². The fourth-order valence-corrected chi connectivity index (χ4v) is 2.33. The number of benzene rings is 2. The molecule has 0 aliphatic carbocycles. The third-order valence-electron chi connectivity index (χ3n) is 2.97. The first-order chi connectivity index (χ1) is 10.9. The number of carbonyl (C=O) groups excluding carboxylic acids is 2. The highest BCUT2D eigenvalue weighted by Gasteiger charge is 2.20. The van der Waals surface area contributed by atoms with Crippen LogP contribution in [0.15, 0.2) is 42.5 Å². The van der Waals surface area contributed by atoms with Crippen LogP contribution in [0.4, 0.5) is 11.4 Å². The molecule has 1 N–H and O–H groups in total. The molecular formula is C15H10ClIN2O4. The second-order valence-electron chi connectivity index (χ2n) is 4.48. The molecule has 0 atom stereocenters. The number of alkyl halides is 1. The van der Waals surface area contributed by atoms with Gasteiger partial charge in [-0.2, -0.15) is 0 Å². The fourth-order valence-electron chi connectivity index (χ4n) is 1.92. The van der Waals surface area contributed by atoms with Crippen LogP contribution in [-0.4, -0.2) is 21.0 Å². The number of halogens is 2. The van der Waals surface area contributed by atoms with Gasteiger partial charge >= 0.3 is 0 Å². The van der Waals surface area contributed by atoms with E-state index in [-0.39, 0.29) is 37.9 Å². The normalized spacial score (nSPS) is 10.2. The maximum atomic E-state index is 12.7. The average molecular weight is 445 g/mol. The highest BCUT2D eigenvalue weighted by atomic mass is 127. The summed E-state index contributed by atoms with van der Waals surface area (Å²) in [5.74, 6) is -0.810. The molecule has 0 fully saturated rings. The van der Waals surface area contributed by atoms with E-state index in [1.165, 1.54) is 18.2 Å². The minimum absolute atomic E-state index is 0.0190. The minimum Gasteiger partial charge on any atom is -0.325 e. The largest absolute Gasteiger partial charge is 0.325 e. The van der Waals surface area contributed by atoms with Crippen LogP contribution in [0.3, 0.4) is 0 Å². The second kappa shape index (κ2) is 7.51. The van der Waals surface area contributed by atoms with E-state index in [4.69, 9.17) is 11.6 Å². The molecule has 0 saturated carbocycles. The van der Waals surface area contributed by atoms with Crippen LogP contribution in [0.25, 0.3) is 0 Å². The number of nitro benzene ring substituents is 1. The van der Waals surface area contributed by atoms with Crippen molar-refractivity contribution in [2.45, 2.75) is 0 Å². The summed E-state index contributed by atoms with van der Waals surface area (Å²) in [7, 11) is 0. The monoisotopic (exact) mass is 444 g/mol. The van der Waals surface area contributed by atoms with Gasteiger partial charge in [0.1, 0.15) is 0 Å². The molecule has 8 heteroatoms. The standard InChI is InChI=1S/C15H10ClIN2O4/c16-12-4-2-1-3-10(12)15(21)11-7-9(19(22)23)5-6-13(11)18-14(20)8-17/h1-7H,8H2,(H,18,20). The molecule has 0 radical (unpaired) electrons. The Balaban J connectivity index is 2.55. The van der Waals surface area contributed by atoms with E-state index in [1.54, 1.807) is 18.2 Å². The minimum atomic E-state index is -0.604. The first-order valence-corrected chi connectivity index (χ1v) is 8.28. The first-order valence-electron chi connectivity index (χ1n) is 6.37. The van der Waals surface area contributed by atoms with Gasteiger partial charge in [0, 0.05) is 17.7 Å². The van der Waals surface area contributed by atoms with Crippen molar-refractivity contribution in [3.8, 4) is 0 Å². The van der Waals surface area contributed by atoms with E-state index in [2.05, 4.69) is 5.32 Å². The van der Waals surface area contributed by atoms with Crippen LogP contribution in [-0.2, 0) is 4.79 Å². The molecule has 6 nitrogen and oxygen atoms in total. The van der Waals surface area contributed by atoms with Crippen molar-refractivity contribution in [2.75, 3.05) is 9.74 Å². The van der Waals surface area contributed by atoms with Crippen LogP contribution in [0.1, 0.15) is 15.9 Å². The lowest BCUT2D eigenvalue weighted by molar-refractivity contribution is -0.384. The zero-order valence-corrected chi connectivity index (χ0v) is 14.5. The molecule has 0 heterocycles. The summed E-state index contributed by atoms with van der Waals surface area (Å²) in [5.41, 5.74) is 0.195. The number of rotatable bonds is 5. The molecule has 0 aliphatic rings. The van der Waals surface area contributed by atoms with Crippen molar-refractivity contribution in [3.05, 3.63) is 68.7 Å². The SMILES string of the molecule is O=C(CI)Nc1ccc([N+](=O)[O-])cc1C(=O)c1ccccc1Cl. The van der Waals surface area contributed by atoms with Crippen LogP contribution < -0.4 is 5.32 Å². The summed E-state index contributed by atoms with van der Waals surface area (Å²) < 4.78 is 0.189. The second-order valence-corrected chi connectivity index (χ2v) is 5.65. The van der Waals surface area contributed by atoms with Crippen molar-refractivity contribution >= 4 is 57.3 Å². The first kappa shape index (κ1) is 17.4. The van der Waals surface area contributed by atoms with Gasteiger partial charge in [-0.1, -0.05) is 46.3 Å². The molecule has 2 rings (SSSR count). The van der Waals surface area contributed by atoms with E-state index in [0.29, 0.717) is 0 Å². The number of nitrogens with zero attached hydrogens (tertiary/aromatic N) is 1. The maximum absolute atomic E-state index is 12.7. The molecule has 23 heavy (non-hydrogen) atoms. The van der Waals surface area contributed by atoms with E-state index in [9.17, 15) is 19.7 Å². The average Bonchev–Trinajstić information content (AvgIpc) is 2.54. The van der Waals surface area contributed by atoms with Crippen LogP contribution in [0.5, 0.6) is 0 Å². The number of nitrogens with one attached hydrogen (secondary N) is 1. The fraction of sp³-hybridized carbons (Fsp3) is 0.0667. The van der Waals surface area contributed by atoms with Gasteiger partial charge in [0.25, 0.3) is 5.69 Å². The number of amides is 1. The molecule has 118 valence electrons. The molecule has 0 spiro atoms. The highest BCUT2D eigenvalue weighted by molar-refractivity contribution is 14.1. The number of non-ortho nitro benzene ring substituents is 1. The lowest BCUT2D eigenvalue weighted by Crippen LogP contribution is -2.16. The molecule has 0 aliphatic heterocycles. The maximum Gasteiger partial charge on any atom is 0.270 e. The van der Waals surface area contributed by atoms with Crippen molar-refractivity contribution in [1.82, 2.24) is 0 Å². The third-order valence-corrected chi connectivity index (χ3v) is 3.99. The summed E-state index contributed by atoms with van der Waals surface area (Å²) in [6.07, 6.45) is 0. The zero-order valence-electron chi connectivity index (χ0n) is 11.6. The molecule has 1 amide bonds. The van der Waals surface area contributed by atoms with Gasteiger partial charge in [-0.25, -0.2) is 0 Å². The van der Waals surface area contributed by atoms with Crippen molar-refractivity contribution in [1.29, 1.82) is 0 Å². The molecule has 0 bridgehead atoms. The molecule has 0 saturated heterocycles. The Morgan fingerprint density at radius 2 is 1.87 bits per heavy atom. The quantitative estimate of drug-likeness (QED) is 0.249. The van der Waals surface area contributed by atoms with Crippen molar-refractivity contribution < 1.29 is 14.5 Å². The zero-order chi connectivity index (χ0) is 17.0. The predicted octanol–water partition coefficient (Wildman–Crippen LogP) is 3.85. The van der Waals surface area contributed by atoms with Gasteiger partial charge in [-0.3, -0.25) is 19.7 Å². The number of hydrogen-bond donors (Lipinski definition) is 1. The smallest absolute Gasteiger partial charge is 0.270 e. The summed E-state index contributed by atoms with van der Waals surface area (Å²) in [6, 6.07) is 10.1.